The molecule has 0 fully saturated rings. The monoisotopic (exact) mass is 476 g/mol. The molecule has 0 saturated heterocycles. The molecule has 1 atom stereocenters. The number of amides is 1. The fraction of sp³-hybridized carbons (Fsp3) is 0.227. The van der Waals surface area contributed by atoms with E-state index in [0.29, 0.717) is 0 Å². The number of aryl methyl sites for hydroxylation is 1. The fourth-order valence-electron chi connectivity index (χ4n) is 3.28. The van der Waals surface area contributed by atoms with Gasteiger partial charge in [0.1, 0.15) is 17.9 Å². The van der Waals surface area contributed by atoms with Crippen molar-refractivity contribution in [1.82, 2.24) is 9.78 Å². The van der Waals surface area contributed by atoms with Gasteiger partial charge in [0.15, 0.2) is 0 Å². The maximum absolute atomic E-state index is 13.0. The molecule has 178 valence electrons. The lowest BCUT2D eigenvalue weighted by Gasteiger charge is -2.19. The van der Waals surface area contributed by atoms with Gasteiger partial charge < -0.3 is 10.1 Å². The summed E-state index contributed by atoms with van der Waals surface area (Å²) in [6.45, 7) is 2.32. The van der Waals surface area contributed by atoms with Gasteiger partial charge in [-0.15, -0.1) is 0 Å². The molecular weight excluding hydrogens is 457 g/mol. The van der Waals surface area contributed by atoms with Gasteiger partial charge in [0.2, 0.25) is 6.10 Å². The molecule has 2 aromatic carbocycles. The number of anilines is 1. The molecule has 3 aromatic rings. The Labute approximate surface area is 191 Å². The third kappa shape index (κ3) is 5.57. The molecule has 34 heavy (non-hydrogen) atoms. The van der Waals surface area contributed by atoms with Crippen LogP contribution in [-0.2, 0) is 27.0 Å². The van der Waals surface area contributed by atoms with Crippen molar-refractivity contribution in [2.24, 2.45) is 0 Å². The molecule has 0 aliphatic rings. The first-order valence-electron chi connectivity index (χ1n) is 9.88. The number of carbonyl (C=O) groups is 2. The Bertz CT molecular complexity index is 1230. The Hall–Kier alpha value is -4.22. The highest BCUT2D eigenvalue weighted by Gasteiger charge is 2.31. The average Bonchev–Trinajstić information content (AvgIpc) is 3.05. The van der Waals surface area contributed by atoms with Crippen LogP contribution < -0.4 is 5.32 Å². The van der Waals surface area contributed by atoms with Gasteiger partial charge >= 0.3 is 17.8 Å². The van der Waals surface area contributed by atoms with E-state index in [1.165, 1.54) is 32.0 Å². The van der Waals surface area contributed by atoms with Crippen molar-refractivity contribution in [3.8, 4) is 0 Å². The van der Waals surface area contributed by atoms with E-state index in [1.807, 2.05) is 0 Å². The highest BCUT2D eigenvalue weighted by atomic mass is 19.4. The van der Waals surface area contributed by atoms with E-state index in [2.05, 4.69) is 10.4 Å². The summed E-state index contributed by atoms with van der Waals surface area (Å²) in [5.41, 5.74) is -0.814. The van der Waals surface area contributed by atoms with Crippen molar-refractivity contribution in [2.75, 3.05) is 5.32 Å². The van der Waals surface area contributed by atoms with Crippen LogP contribution in [0.3, 0.4) is 0 Å². The van der Waals surface area contributed by atoms with Gasteiger partial charge in [0, 0.05) is 11.3 Å². The van der Waals surface area contributed by atoms with Crippen molar-refractivity contribution in [1.29, 1.82) is 0 Å². The number of ether oxygens (including phenoxy) is 1. The maximum Gasteiger partial charge on any atom is 0.416 e. The Morgan fingerprint density at radius 2 is 1.82 bits per heavy atom. The lowest BCUT2D eigenvalue weighted by Crippen LogP contribution is -2.28. The molecule has 1 heterocycles. The number of hydrogen-bond acceptors (Lipinski definition) is 6. The van der Waals surface area contributed by atoms with E-state index in [9.17, 15) is 32.9 Å². The third-order valence-corrected chi connectivity index (χ3v) is 4.85. The lowest BCUT2D eigenvalue weighted by molar-refractivity contribution is -0.386. The largest absolute Gasteiger partial charge is 0.446 e. The third-order valence-electron chi connectivity index (χ3n) is 4.85. The van der Waals surface area contributed by atoms with Gasteiger partial charge in [-0.3, -0.25) is 24.4 Å². The van der Waals surface area contributed by atoms with Crippen LogP contribution in [0.2, 0.25) is 0 Å². The Balaban J connectivity index is 1.82. The van der Waals surface area contributed by atoms with Crippen molar-refractivity contribution in [3.63, 3.8) is 0 Å². The summed E-state index contributed by atoms with van der Waals surface area (Å²) in [6.07, 6.45) is -6.09. The molecule has 9 nitrogen and oxygen atoms in total. The zero-order valence-electron chi connectivity index (χ0n) is 18.0. The van der Waals surface area contributed by atoms with Crippen LogP contribution in [0.1, 0.15) is 28.6 Å². The van der Waals surface area contributed by atoms with Gasteiger partial charge in [-0.25, -0.2) is 0 Å². The number of esters is 1. The molecule has 0 spiro atoms. The number of carbonyl (C=O) groups excluding carboxylic acids is 2. The molecule has 1 unspecified atom stereocenters. The second-order valence-corrected chi connectivity index (χ2v) is 7.28. The molecule has 12 heteroatoms. The van der Waals surface area contributed by atoms with Crippen molar-refractivity contribution in [2.45, 2.75) is 32.7 Å². The maximum atomic E-state index is 13.0. The van der Waals surface area contributed by atoms with Crippen LogP contribution in [-0.4, -0.2) is 26.6 Å². The van der Waals surface area contributed by atoms with Crippen LogP contribution in [0.25, 0.3) is 0 Å². The van der Waals surface area contributed by atoms with Crippen molar-refractivity contribution < 1.29 is 32.4 Å². The predicted octanol–water partition coefficient (Wildman–Crippen LogP) is 4.35. The molecule has 1 N–H and O–H groups in total. The molecular formula is C22H19F3N4O5. The first kappa shape index (κ1) is 24.4. The molecule has 0 bridgehead atoms. The van der Waals surface area contributed by atoms with E-state index in [-0.39, 0.29) is 28.3 Å². The van der Waals surface area contributed by atoms with Crippen LogP contribution in [0, 0.1) is 24.0 Å². The minimum atomic E-state index is -4.60. The molecule has 1 aromatic heterocycles. The standard InChI is InChI=1S/C22H19F3N4O5/c1-13-19(29(32)33)14(2)28(27-13)12-18(30)34-20(15-7-4-3-5-8-15)21(31)26-17-10-6-9-16(11-17)22(23,24)25/h3-11,20H,12H2,1-2H3,(H,26,31). The van der Waals surface area contributed by atoms with E-state index < -0.39 is 41.2 Å². The smallest absolute Gasteiger partial charge is 0.416 e. The fourth-order valence-corrected chi connectivity index (χ4v) is 3.28. The average molecular weight is 476 g/mol. The SMILES string of the molecule is Cc1nn(CC(=O)OC(C(=O)Nc2cccc(C(F)(F)F)c2)c2ccccc2)c(C)c1[N+](=O)[O-]. The van der Waals surface area contributed by atoms with E-state index in [4.69, 9.17) is 4.74 Å². The molecule has 0 saturated carbocycles. The number of rotatable bonds is 7. The molecule has 1 amide bonds. The zero-order chi connectivity index (χ0) is 25.0. The minimum Gasteiger partial charge on any atom is -0.446 e. The van der Waals surface area contributed by atoms with Crippen molar-refractivity contribution in [3.05, 3.63) is 87.2 Å². The first-order valence-corrected chi connectivity index (χ1v) is 9.88. The summed E-state index contributed by atoms with van der Waals surface area (Å²) in [4.78, 5) is 36.0. The van der Waals surface area contributed by atoms with E-state index in [1.54, 1.807) is 18.2 Å². The highest BCUT2D eigenvalue weighted by Crippen LogP contribution is 2.31. The number of aromatic nitrogens is 2. The van der Waals surface area contributed by atoms with E-state index >= 15 is 0 Å². The van der Waals surface area contributed by atoms with Gasteiger partial charge in [-0.1, -0.05) is 36.4 Å². The van der Waals surface area contributed by atoms with Crippen LogP contribution in [0.4, 0.5) is 24.5 Å². The van der Waals surface area contributed by atoms with Gasteiger partial charge in [-0.05, 0) is 32.0 Å². The number of hydrogen-bond donors (Lipinski definition) is 1. The predicted molar refractivity (Wildman–Crippen MR) is 114 cm³/mol. The number of nitro groups is 1. The van der Waals surface area contributed by atoms with E-state index in [0.717, 1.165) is 22.9 Å². The lowest BCUT2D eigenvalue weighted by atomic mass is 10.1. The number of halogens is 3. The molecule has 0 aliphatic carbocycles. The summed E-state index contributed by atoms with van der Waals surface area (Å²) in [5.74, 6) is -1.80. The second kappa shape index (κ2) is 9.73. The van der Waals surface area contributed by atoms with Crippen LogP contribution in [0.15, 0.2) is 54.6 Å². The zero-order valence-corrected chi connectivity index (χ0v) is 18.0. The molecule has 0 aliphatic heterocycles. The van der Waals surface area contributed by atoms with Gasteiger partial charge in [0.05, 0.1) is 10.5 Å². The second-order valence-electron chi connectivity index (χ2n) is 7.28. The summed E-state index contributed by atoms with van der Waals surface area (Å²) in [7, 11) is 0. The number of nitrogens with one attached hydrogen (secondary N) is 1. The Morgan fingerprint density at radius 3 is 2.41 bits per heavy atom. The van der Waals surface area contributed by atoms with Crippen LogP contribution in [0.5, 0.6) is 0 Å². The highest BCUT2D eigenvalue weighted by molar-refractivity contribution is 5.96. The Kier molecular flexibility index (Phi) is 6.99. The molecule has 3 rings (SSSR count). The number of nitrogens with zero attached hydrogens (tertiary/aromatic N) is 3. The van der Waals surface area contributed by atoms with Crippen LogP contribution >= 0.6 is 0 Å². The summed E-state index contributed by atoms with van der Waals surface area (Å²) in [5, 5.41) is 17.5. The normalized spacial score (nSPS) is 12.1. The summed E-state index contributed by atoms with van der Waals surface area (Å²) in [6, 6.07) is 11.9. The van der Waals surface area contributed by atoms with Gasteiger partial charge in [-0.2, -0.15) is 18.3 Å². The topological polar surface area (TPSA) is 116 Å². The molecule has 0 radical (unpaired) electrons. The Morgan fingerprint density at radius 1 is 1.15 bits per heavy atom. The van der Waals surface area contributed by atoms with Gasteiger partial charge in [0.25, 0.3) is 5.91 Å². The summed E-state index contributed by atoms with van der Waals surface area (Å²) < 4.78 is 45.4. The number of alkyl halides is 3. The quantitative estimate of drug-likeness (QED) is 0.308. The minimum absolute atomic E-state index is 0.109. The first-order chi connectivity index (χ1) is 16.0. The number of benzene rings is 2. The van der Waals surface area contributed by atoms with Crippen molar-refractivity contribution >= 4 is 23.3 Å². The summed E-state index contributed by atoms with van der Waals surface area (Å²) >= 11 is 0.